The van der Waals surface area contributed by atoms with Gasteiger partial charge in [-0.2, -0.15) is 5.26 Å². The van der Waals surface area contributed by atoms with Crippen molar-refractivity contribution in [1.82, 2.24) is 9.80 Å². The zero-order valence-electron chi connectivity index (χ0n) is 18.3. The minimum atomic E-state index is -0.437. The number of carbonyl (C=O) groups excluding carboxylic acids is 2. The fourth-order valence-electron chi connectivity index (χ4n) is 4.49. The first-order chi connectivity index (χ1) is 15.4. The number of nitriles is 1. The highest BCUT2D eigenvalue weighted by Gasteiger charge is 2.38. The van der Waals surface area contributed by atoms with E-state index in [0.717, 1.165) is 37.2 Å². The van der Waals surface area contributed by atoms with E-state index < -0.39 is 11.7 Å². The van der Waals surface area contributed by atoms with Gasteiger partial charge in [0.1, 0.15) is 5.82 Å². The summed E-state index contributed by atoms with van der Waals surface area (Å²) in [5, 5.41) is 8.94. The molecule has 2 fully saturated rings. The fourth-order valence-corrected chi connectivity index (χ4v) is 4.49. The molecule has 2 heterocycles. The second-order valence-electron chi connectivity index (χ2n) is 8.62. The van der Waals surface area contributed by atoms with Crippen molar-refractivity contribution in [2.45, 2.75) is 26.3 Å². The largest absolute Gasteiger partial charge is 0.341 e. The SMILES string of the molecule is Cc1ccc(N2CC(C(=O)N3CCCN(Cc4ccc(C#N)cc4)CC3)CC2=O)c(F)c1. The summed E-state index contributed by atoms with van der Waals surface area (Å²) in [6.07, 6.45) is 0.983. The van der Waals surface area contributed by atoms with Crippen molar-refractivity contribution in [2.75, 3.05) is 37.6 Å². The molecule has 2 aromatic carbocycles. The van der Waals surface area contributed by atoms with Crippen molar-refractivity contribution < 1.29 is 14.0 Å². The Labute approximate surface area is 187 Å². The number of amides is 2. The Bertz CT molecular complexity index is 1050. The lowest BCUT2D eigenvalue weighted by molar-refractivity contribution is -0.135. The third-order valence-electron chi connectivity index (χ3n) is 6.26. The summed E-state index contributed by atoms with van der Waals surface area (Å²) >= 11 is 0. The van der Waals surface area contributed by atoms with E-state index >= 15 is 0 Å². The number of hydrogen-bond donors (Lipinski definition) is 0. The highest BCUT2D eigenvalue weighted by molar-refractivity contribution is 6.00. The smallest absolute Gasteiger partial charge is 0.228 e. The van der Waals surface area contributed by atoms with Gasteiger partial charge < -0.3 is 9.80 Å². The molecule has 0 N–H and O–H groups in total. The van der Waals surface area contributed by atoms with Crippen LogP contribution >= 0.6 is 0 Å². The summed E-state index contributed by atoms with van der Waals surface area (Å²) in [6.45, 7) is 5.70. The molecule has 2 aliphatic rings. The molecule has 2 amide bonds. The van der Waals surface area contributed by atoms with Crippen LogP contribution in [-0.2, 0) is 16.1 Å². The highest BCUT2D eigenvalue weighted by atomic mass is 19.1. The van der Waals surface area contributed by atoms with Gasteiger partial charge in [0.2, 0.25) is 11.8 Å². The molecule has 1 atom stereocenters. The summed E-state index contributed by atoms with van der Waals surface area (Å²) in [4.78, 5) is 31.3. The Hall–Kier alpha value is -3.24. The number of anilines is 1. The van der Waals surface area contributed by atoms with E-state index in [4.69, 9.17) is 5.26 Å². The maximum absolute atomic E-state index is 14.4. The van der Waals surface area contributed by atoms with Crippen LogP contribution in [0, 0.1) is 30.0 Å². The standard InChI is InChI=1S/C25H27FN4O2/c1-18-3-8-23(22(26)13-18)30-17-21(14-24(30)31)25(32)29-10-2-9-28(11-12-29)16-20-6-4-19(15-27)5-7-20/h3-8,13,21H,2,9-12,14,16-17H2,1H3. The van der Waals surface area contributed by atoms with Gasteiger partial charge in [0, 0.05) is 45.7 Å². The van der Waals surface area contributed by atoms with Crippen molar-refractivity contribution >= 4 is 17.5 Å². The van der Waals surface area contributed by atoms with Gasteiger partial charge in [-0.25, -0.2) is 4.39 Å². The van der Waals surface area contributed by atoms with Crippen LogP contribution < -0.4 is 4.90 Å². The monoisotopic (exact) mass is 434 g/mol. The van der Waals surface area contributed by atoms with Gasteiger partial charge in [0.05, 0.1) is 23.2 Å². The van der Waals surface area contributed by atoms with E-state index in [1.54, 1.807) is 19.1 Å². The minimum Gasteiger partial charge on any atom is -0.341 e. The van der Waals surface area contributed by atoms with Crippen molar-refractivity contribution in [2.24, 2.45) is 5.92 Å². The summed E-state index contributed by atoms with van der Waals surface area (Å²) in [6, 6.07) is 14.5. The van der Waals surface area contributed by atoms with Crippen LogP contribution in [0.4, 0.5) is 10.1 Å². The molecule has 32 heavy (non-hydrogen) atoms. The molecule has 0 aliphatic carbocycles. The highest BCUT2D eigenvalue weighted by Crippen LogP contribution is 2.29. The van der Waals surface area contributed by atoms with Crippen molar-refractivity contribution in [1.29, 1.82) is 5.26 Å². The molecule has 0 aromatic heterocycles. The number of halogens is 1. The molecule has 0 bridgehead atoms. The van der Waals surface area contributed by atoms with Crippen LogP contribution in [0.25, 0.3) is 0 Å². The number of hydrogen-bond acceptors (Lipinski definition) is 4. The molecule has 1 unspecified atom stereocenters. The van der Waals surface area contributed by atoms with Gasteiger partial charge in [-0.1, -0.05) is 18.2 Å². The van der Waals surface area contributed by atoms with E-state index in [9.17, 15) is 14.0 Å². The van der Waals surface area contributed by atoms with Gasteiger partial charge >= 0.3 is 0 Å². The summed E-state index contributed by atoms with van der Waals surface area (Å²) in [5.74, 6) is -1.09. The van der Waals surface area contributed by atoms with Crippen LogP contribution in [-0.4, -0.2) is 54.3 Å². The van der Waals surface area contributed by atoms with Crippen molar-refractivity contribution in [3.8, 4) is 6.07 Å². The first-order valence-corrected chi connectivity index (χ1v) is 11.0. The van der Waals surface area contributed by atoms with Crippen LogP contribution in [0.3, 0.4) is 0 Å². The molecule has 166 valence electrons. The van der Waals surface area contributed by atoms with Gasteiger partial charge in [-0.05, 0) is 48.7 Å². The normalized spacial score (nSPS) is 19.7. The lowest BCUT2D eigenvalue weighted by atomic mass is 10.1. The second kappa shape index (κ2) is 9.49. The van der Waals surface area contributed by atoms with Gasteiger partial charge in [-0.3, -0.25) is 14.5 Å². The number of benzene rings is 2. The number of aryl methyl sites for hydroxylation is 1. The topological polar surface area (TPSA) is 67.7 Å². The summed E-state index contributed by atoms with van der Waals surface area (Å²) in [5.41, 5.74) is 2.83. The zero-order valence-corrected chi connectivity index (χ0v) is 18.3. The molecular weight excluding hydrogens is 407 g/mol. The average Bonchev–Trinajstić information content (AvgIpc) is 3.01. The Morgan fingerprint density at radius 1 is 1.12 bits per heavy atom. The molecule has 0 spiro atoms. The molecule has 2 aromatic rings. The second-order valence-corrected chi connectivity index (χ2v) is 8.62. The van der Waals surface area contributed by atoms with E-state index in [1.807, 2.05) is 29.2 Å². The Balaban J connectivity index is 1.35. The van der Waals surface area contributed by atoms with E-state index in [0.29, 0.717) is 18.7 Å². The third kappa shape index (κ3) is 4.81. The summed E-state index contributed by atoms with van der Waals surface area (Å²) in [7, 11) is 0. The van der Waals surface area contributed by atoms with Crippen molar-refractivity contribution in [3.05, 3.63) is 65.0 Å². The molecule has 0 radical (unpaired) electrons. The van der Waals surface area contributed by atoms with Crippen LogP contribution in [0.5, 0.6) is 0 Å². The van der Waals surface area contributed by atoms with Crippen LogP contribution in [0.2, 0.25) is 0 Å². The van der Waals surface area contributed by atoms with E-state index in [2.05, 4.69) is 11.0 Å². The number of rotatable bonds is 4. The fraction of sp³-hybridized carbons (Fsp3) is 0.400. The molecule has 2 aliphatic heterocycles. The molecule has 0 saturated carbocycles. The van der Waals surface area contributed by atoms with Crippen LogP contribution in [0.1, 0.15) is 29.5 Å². The molecule has 6 nitrogen and oxygen atoms in total. The molecule has 4 rings (SSSR count). The van der Waals surface area contributed by atoms with E-state index in [1.165, 1.54) is 11.0 Å². The van der Waals surface area contributed by atoms with E-state index in [-0.39, 0.29) is 30.5 Å². The minimum absolute atomic E-state index is 0.0198. The third-order valence-corrected chi connectivity index (χ3v) is 6.26. The average molecular weight is 435 g/mol. The quantitative estimate of drug-likeness (QED) is 0.742. The predicted molar refractivity (Wildman–Crippen MR) is 119 cm³/mol. The zero-order chi connectivity index (χ0) is 22.7. The molecule has 7 heteroatoms. The predicted octanol–water partition coefficient (Wildman–Crippen LogP) is 3.09. The van der Waals surface area contributed by atoms with Gasteiger partial charge in [0.25, 0.3) is 0 Å². The lowest BCUT2D eigenvalue weighted by Crippen LogP contribution is -2.40. The molecule has 2 saturated heterocycles. The molecular formula is C25H27FN4O2. The first kappa shape index (κ1) is 22.0. The van der Waals surface area contributed by atoms with Gasteiger partial charge in [0.15, 0.2) is 0 Å². The maximum Gasteiger partial charge on any atom is 0.228 e. The van der Waals surface area contributed by atoms with Crippen LogP contribution in [0.15, 0.2) is 42.5 Å². The van der Waals surface area contributed by atoms with Crippen molar-refractivity contribution in [3.63, 3.8) is 0 Å². The summed E-state index contributed by atoms with van der Waals surface area (Å²) < 4.78 is 14.4. The lowest BCUT2D eigenvalue weighted by Gasteiger charge is -2.25. The Morgan fingerprint density at radius 3 is 2.62 bits per heavy atom. The Kier molecular flexibility index (Phi) is 6.52. The first-order valence-electron chi connectivity index (χ1n) is 11.0. The Morgan fingerprint density at radius 2 is 1.91 bits per heavy atom. The maximum atomic E-state index is 14.4. The number of carbonyl (C=O) groups is 2. The number of nitrogens with zero attached hydrogens (tertiary/aromatic N) is 4. The van der Waals surface area contributed by atoms with Gasteiger partial charge in [-0.15, -0.1) is 0 Å².